The lowest BCUT2D eigenvalue weighted by molar-refractivity contribution is 0.100. The van der Waals surface area contributed by atoms with Gasteiger partial charge in [0.25, 0.3) is 0 Å². The molecule has 0 unspecified atom stereocenters. The molecule has 8 nitrogen and oxygen atoms in total. The summed E-state index contributed by atoms with van der Waals surface area (Å²) in [6, 6.07) is 21.3. The molecule has 0 amide bonds. The minimum atomic E-state index is -0.722. The van der Waals surface area contributed by atoms with Crippen molar-refractivity contribution in [3.8, 4) is 34.5 Å². The number of hydrogen-bond donors (Lipinski definition) is 5. The summed E-state index contributed by atoms with van der Waals surface area (Å²) in [6.45, 7) is 0. The van der Waals surface area contributed by atoms with Gasteiger partial charge in [-0.15, -0.1) is 0 Å². The van der Waals surface area contributed by atoms with Crippen molar-refractivity contribution in [1.29, 1.82) is 0 Å². The van der Waals surface area contributed by atoms with Crippen molar-refractivity contribution in [2.45, 2.75) is 43.8 Å². The Kier molecular flexibility index (Phi) is 8.87. The van der Waals surface area contributed by atoms with E-state index in [4.69, 9.17) is 9.47 Å². The first-order chi connectivity index (χ1) is 20.7. The third-order valence-electron chi connectivity index (χ3n) is 7.74. The molecule has 0 spiro atoms. The number of ether oxygens (including phenoxy) is 2. The van der Waals surface area contributed by atoms with Crippen LogP contribution in [-0.4, -0.2) is 44.5 Å². The highest BCUT2D eigenvalue weighted by Gasteiger charge is 2.37. The number of phenolic OH excluding ortho intramolecular Hbond substituents is 4. The van der Waals surface area contributed by atoms with E-state index in [1.54, 1.807) is 54.6 Å². The van der Waals surface area contributed by atoms with Crippen LogP contribution in [0.3, 0.4) is 0 Å². The van der Waals surface area contributed by atoms with E-state index >= 15 is 0 Å². The number of rotatable bonds is 10. The summed E-state index contributed by atoms with van der Waals surface area (Å²) in [4.78, 5) is 13.7. The number of aliphatic hydroxyl groups is 1. The highest BCUT2D eigenvalue weighted by Crippen LogP contribution is 2.52. The molecule has 1 aliphatic rings. The van der Waals surface area contributed by atoms with Crippen LogP contribution in [0.4, 0.5) is 0 Å². The molecule has 3 atom stereocenters. The average molecular weight is 583 g/mol. The highest BCUT2D eigenvalue weighted by atomic mass is 16.5. The Morgan fingerprint density at radius 3 is 2.16 bits per heavy atom. The molecular formula is C35H34O8. The predicted octanol–water partition coefficient (Wildman–Crippen LogP) is 6.40. The Morgan fingerprint density at radius 2 is 1.53 bits per heavy atom. The first kappa shape index (κ1) is 29.5. The Labute approximate surface area is 249 Å². The van der Waals surface area contributed by atoms with Gasteiger partial charge in [-0.2, -0.15) is 0 Å². The first-order valence-electron chi connectivity index (χ1n) is 14.1. The Hall–Kier alpha value is -4.95. The van der Waals surface area contributed by atoms with Gasteiger partial charge in [0.15, 0.2) is 5.78 Å². The van der Waals surface area contributed by atoms with Gasteiger partial charge in [-0.3, -0.25) is 4.79 Å². The molecule has 5 N–H and O–H groups in total. The summed E-state index contributed by atoms with van der Waals surface area (Å²) < 4.78 is 12.0. The van der Waals surface area contributed by atoms with Gasteiger partial charge in [-0.05, 0) is 90.8 Å². The summed E-state index contributed by atoms with van der Waals surface area (Å²) >= 11 is 0. The number of aryl methyl sites for hydroxylation is 1. The zero-order valence-corrected chi connectivity index (χ0v) is 23.7. The summed E-state index contributed by atoms with van der Waals surface area (Å²) in [7, 11) is 1.41. The fraction of sp³-hybridized carbons (Fsp3) is 0.229. The molecule has 4 aromatic carbocycles. The minimum Gasteiger partial charge on any atom is -0.508 e. The van der Waals surface area contributed by atoms with Gasteiger partial charge in [0, 0.05) is 11.6 Å². The molecule has 0 radical (unpaired) electrons. The van der Waals surface area contributed by atoms with E-state index < -0.39 is 18.0 Å². The number of fused-ring (bicyclic) bond motifs is 1. The van der Waals surface area contributed by atoms with Crippen LogP contribution in [0.15, 0.2) is 84.9 Å². The van der Waals surface area contributed by atoms with Crippen LogP contribution >= 0.6 is 0 Å². The van der Waals surface area contributed by atoms with E-state index in [1.165, 1.54) is 31.4 Å². The van der Waals surface area contributed by atoms with E-state index in [0.29, 0.717) is 36.8 Å². The quantitative estimate of drug-likeness (QED) is 0.107. The van der Waals surface area contributed by atoms with Gasteiger partial charge < -0.3 is 35.0 Å². The fourth-order valence-electron chi connectivity index (χ4n) is 5.50. The number of ketones is 1. The maximum atomic E-state index is 13.7. The molecular weight excluding hydrogens is 548 g/mol. The van der Waals surface area contributed by atoms with Crippen molar-refractivity contribution in [2.75, 3.05) is 7.11 Å². The van der Waals surface area contributed by atoms with Gasteiger partial charge in [0.1, 0.15) is 46.2 Å². The van der Waals surface area contributed by atoms with E-state index in [2.05, 4.69) is 0 Å². The predicted molar refractivity (Wildman–Crippen MR) is 162 cm³/mol. The summed E-state index contributed by atoms with van der Waals surface area (Å²) in [5, 5.41) is 51.2. The highest BCUT2D eigenvalue weighted by molar-refractivity contribution is 6.11. The van der Waals surface area contributed by atoms with Crippen molar-refractivity contribution in [3.05, 3.63) is 113 Å². The molecule has 0 fully saturated rings. The van der Waals surface area contributed by atoms with Gasteiger partial charge >= 0.3 is 0 Å². The molecule has 0 aliphatic carbocycles. The molecule has 0 bridgehead atoms. The van der Waals surface area contributed by atoms with Crippen LogP contribution in [0.25, 0.3) is 6.08 Å². The Balaban J connectivity index is 1.50. The zero-order valence-electron chi connectivity index (χ0n) is 23.7. The molecule has 1 aliphatic heterocycles. The number of carbonyl (C=O) groups excluding carboxylic acids is 1. The number of carbonyl (C=O) groups is 1. The van der Waals surface area contributed by atoms with Crippen LogP contribution in [0, 0.1) is 0 Å². The second kappa shape index (κ2) is 12.9. The molecule has 0 aromatic heterocycles. The van der Waals surface area contributed by atoms with Crippen LogP contribution < -0.4 is 9.47 Å². The van der Waals surface area contributed by atoms with Crippen LogP contribution in [-0.2, 0) is 6.42 Å². The average Bonchev–Trinajstić information content (AvgIpc) is 3.00. The fourth-order valence-corrected chi connectivity index (χ4v) is 5.50. The number of aromatic hydroxyl groups is 4. The standard InChI is InChI=1S/C35H34O8/c1-42-32-20-30(41)33-24(18-28(39)14-6-21-2-10-25(36)11-3-21)19-31(23-8-15-27(38)16-9-23)43-35(33)34(32)29(40)17-7-22-4-12-26(37)13-5-22/h2-5,7-13,15-17,20,24,28,31,36-39,41H,6,14,18-19H2,1H3/b17-7+/t24-,28+,31-/m1/s1. The van der Waals surface area contributed by atoms with E-state index in [9.17, 15) is 30.3 Å². The minimum absolute atomic E-state index is 0.0918. The second-order valence-electron chi connectivity index (χ2n) is 10.7. The number of benzene rings is 4. The van der Waals surface area contributed by atoms with Crippen molar-refractivity contribution >= 4 is 11.9 Å². The lowest BCUT2D eigenvalue weighted by atomic mass is 9.81. The van der Waals surface area contributed by atoms with Gasteiger partial charge in [0.05, 0.1) is 13.2 Å². The van der Waals surface area contributed by atoms with Gasteiger partial charge in [0.2, 0.25) is 0 Å². The largest absolute Gasteiger partial charge is 0.508 e. The second-order valence-corrected chi connectivity index (χ2v) is 10.7. The number of allylic oxidation sites excluding steroid dienone is 1. The lowest BCUT2D eigenvalue weighted by Gasteiger charge is -2.35. The van der Waals surface area contributed by atoms with Crippen LogP contribution in [0.5, 0.6) is 34.5 Å². The van der Waals surface area contributed by atoms with Crippen molar-refractivity contribution in [1.82, 2.24) is 0 Å². The molecule has 0 saturated carbocycles. The summed E-state index contributed by atoms with van der Waals surface area (Å²) in [5.74, 6) is -0.122. The summed E-state index contributed by atoms with van der Waals surface area (Å²) in [5.41, 5.74) is 3.04. The lowest BCUT2D eigenvalue weighted by Crippen LogP contribution is -2.24. The first-order valence-corrected chi connectivity index (χ1v) is 14.1. The van der Waals surface area contributed by atoms with Crippen LogP contribution in [0.2, 0.25) is 0 Å². The normalized spacial score (nSPS) is 16.8. The molecule has 222 valence electrons. The monoisotopic (exact) mass is 582 g/mol. The van der Waals surface area contributed by atoms with Gasteiger partial charge in [-0.1, -0.05) is 42.5 Å². The van der Waals surface area contributed by atoms with E-state index in [0.717, 1.165) is 11.1 Å². The van der Waals surface area contributed by atoms with Crippen molar-refractivity contribution in [3.63, 3.8) is 0 Å². The SMILES string of the molecule is COc1cc(O)c2c(c1C(=O)/C=C/c1ccc(O)cc1)O[C@@H](c1ccc(O)cc1)C[C@H]2C[C@@H](O)CCc1ccc(O)cc1. The van der Waals surface area contributed by atoms with E-state index in [1.807, 2.05) is 12.1 Å². The smallest absolute Gasteiger partial charge is 0.193 e. The van der Waals surface area contributed by atoms with Crippen LogP contribution in [0.1, 0.15) is 63.9 Å². The molecule has 4 aromatic rings. The number of hydrogen-bond acceptors (Lipinski definition) is 8. The molecule has 0 saturated heterocycles. The molecule has 43 heavy (non-hydrogen) atoms. The molecule has 1 heterocycles. The van der Waals surface area contributed by atoms with Gasteiger partial charge in [-0.25, -0.2) is 0 Å². The van der Waals surface area contributed by atoms with Crippen molar-refractivity contribution < 1.29 is 39.8 Å². The third-order valence-corrected chi connectivity index (χ3v) is 7.74. The van der Waals surface area contributed by atoms with Crippen molar-refractivity contribution in [2.24, 2.45) is 0 Å². The maximum absolute atomic E-state index is 13.7. The zero-order chi connectivity index (χ0) is 30.5. The molecule has 5 rings (SSSR count). The Morgan fingerprint density at radius 1 is 0.930 bits per heavy atom. The maximum Gasteiger partial charge on any atom is 0.193 e. The number of phenols is 4. The number of aliphatic hydroxyl groups excluding tert-OH is 1. The topological polar surface area (TPSA) is 137 Å². The Bertz CT molecular complexity index is 1590. The summed E-state index contributed by atoms with van der Waals surface area (Å²) in [6.07, 6.45) is 3.53. The third kappa shape index (κ3) is 6.93. The molecule has 8 heteroatoms. The van der Waals surface area contributed by atoms with E-state index in [-0.39, 0.29) is 46.0 Å². The number of methoxy groups -OCH3 is 1.